The molecule has 0 heterocycles. The number of methoxy groups -OCH3 is 1. The van der Waals surface area contributed by atoms with E-state index in [1.165, 1.54) is 0 Å². The van der Waals surface area contributed by atoms with Crippen molar-refractivity contribution in [3.05, 3.63) is 29.8 Å². The molecule has 0 aliphatic rings. The van der Waals surface area contributed by atoms with Gasteiger partial charge in [-0.1, -0.05) is 12.1 Å². The topological polar surface area (TPSA) is 50.4 Å². The van der Waals surface area contributed by atoms with Crippen LogP contribution in [-0.4, -0.2) is 26.6 Å². The van der Waals surface area contributed by atoms with Crippen molar-refractivity contribution in [3.63, 3.8) is 0 Å². The van der Waals surface area contributed by atoms with Gasteiger partial charge in [-0.15, -0.1) is 12.4 Å². The number of carbonyl (C=O) groups excluding carboxylic acids is 1. The van der Waals surface area contributed by atoms with Crippen LogP contribution >= 0.6 is 12.4 Å². The Kier molecular flexibility index (Phi) is 9.06. The minimum atomic E-state index is 0. The van der Waals surface area contributed by atoms with E-state index in [1.807, 2.05) is 31.3 Å². The van der Waals surface area contributed by atoms with Gasteiger partial charge in [0.15, 0.2) is 0 Å². The standard InChI is InChI=1S/C13H20N2O2.ClH/c1-14-9-3-4-13(16)15-10-11-5-7-12(17-2)8-6-11;/h5-8,14H,3-4,9-10H2,1-2H3,(H,15,16);1H. The van der Waals surface area contributed by atoms with Gasteiger partial charge in [0.25, 0.3) is 0 Å². The zero-order valence-electron chi connectivity index (χ0n) is 10.9. The second-order valence-electron chi connectivity index (χ2n) is 3.83. The van der Waals surface area contributed by atoms with Crippen LogP contribution in [0.1, 0.15) is 18.4 Å². The maximum Gasteiger partial charge on any atom is 0.220 e. The molecule has 0 aliphatic carbocycles. The maximum absolute atomic E-state index is 11.5. The van der Waals surface area contributed by atoms with E-state index < -0.39 is 0 Å². The van der Waals surface area contributed by atoms with E-state index in [1.54, 1.807) is 7.11 Å². The van der Waals surface area contributed by atoms with Crippen molar-refractivity contribution in [1.82, 2.24) is 10.6 Å². The average Bonchev–Trinajstić information content (AvgIpc) is 2.37. The monoisotopic (exact) mass is 272 g/mol. The van der Waals surface area contributed by atoms with E-state index in [0.717, 1.165) is 24.3 Å². The Balaban J connectivity index is 0.00000289. The van der Waals surface area contributed by atoms with Crippen LogP contribution in [-0.2, 0) is 11.3 Å². The molecule has 0 unspecified atom stereocenters. The Morgan fingerprint density at radius 2 is 1.94 bits per heavy atom. The third-order valence-corrected chi connectivity index (χ3v) is 2.48. The zero-order chi connectivity index (χ0) is 12.5. The predicted molar refractivity (Wildman–Crippen MR) is 75.2 cm³/mol. The van der Waals surface area contributed by atoms with E-state index >= 15 is 0 Å². The maximum atomic E-state index is 11.5. The Morgan fingerprint density at radius 1 is 1.28 bits per heavy atom. The summed E-state index contributed by atoms with van der Waals surface area (Å²) in [5.74, 6) is 0.921. The van der Waals surface area contributed by atoms with Gasteiger partial charge in [-0.05, 0) is 37.7 Å². The molecule has 0 aliphatic heterocycles. The SMILES string of the molecule is CNCCCC(=O)NCc1ccc(OC)cc1.Cl. The fraction of sp³-hybridized carbons (Fsp3) is 0.462. The van der Waals surface area contributed by atoms with Gasteiger partial charge in [-0.3, -0.25) is 4.79 Å². The van der Waals surface area contributed by atoms with E-state index in [0.29, 0.717) is 13.0 Å². The minimum absolute atomic E-state index is 0. The molecule has 0 radical (unpaired) electrons. The van der Waals surface area contributed by atoms with Gasteiger partial charge in [0.05, 0.1) is 7.11 Å². The van der Waals surface area contributed by atoms with Crippen LogP contribution in [0.5, 0.6) is 5.75 Å². The normalized spacial score (nSPS) is 9.44. The summed E-state index contributed by atoms with van der Waals surface area (Å²) in [5, 5.41) is 5.90. The number of hydrogen-bond acceptors (Lipinski definition) is 3. The second-order valence-corrected chi connectivity index (χ2v) is 3.83. The van der Waals surface area contributed by atoms with Crippen LogP contribution in [0.15, 0.2) is 24.3 Å². The first-order valence-electron chi connectivity index (χ1n) is 5.80. The van der Waals surface area contributed by atoms with Crippen LogP contribution < -0.4 is 15.4 Å². The summed E-state index contributed by atoms with van der Waals surface area (Å²) < 4.78 is 5.07. The molecule has 0 saturated carbocycles. The van der Waals surface area contributed by atoms with E-state index in [-0.39, 0.29) is 18.3 Å². The first-order valence-corrected chi connectivity index (χ1v) is 5.80. The Morgan fingerprint density at radius 3 is 2.50 bits per heavy atom. The van der Waals surface area contributed by atoms with Gasteiger partial charge in [0.2, 0.25) is 5.91 Å². The van der Waals surface area contributed by atoms with Crippen molar-refractivity contribution in [2.24, 2.45) is 0 Å². The summed E-state index contributed by atoms with van der Waals surface area (Å²) in [6, 6.07) is 7.68. The highest BCUT2D eigenvalue weighted by Crippen LogP contribution is 2.10. The van der Waals surface area contributed by atoms with Crippen molar-refractivity contribution in [2.45, 2.75) is 19.4 Å². The molecular formula is C13H21ClN2O2. The number of amides is 1. The van der Waals surface area contributed by atoms with Gasteiger partial charge in [0, 0.05) is 13.0 Å². The number of carbonyl (C=O) groups is 1. The predicted octanol–water partition coefficient (Wildman–Crippen LogP) is 1.73. The molecule has 1 rings (SSSR count). The Labute approximate surface area is 115 Å². The third-order valence-electron chi connectivity index (χ3n) is 2.48. The van der Waals surface area contributed by atoms with Gasteiger partial charge < -0.3 is 15.4 Å². The lowest BCUT2D eigenvalue weighted by molar-refractivity contribution is -0.121. The first-order chi connectivity index (χ1) is 8.26. The van der Waals surface area contributed by atoms with Crippen molar-refractivity contribution in [1.29, 1.82) is 0 Å². The summed E-state index contributed by atoms with van der Waals surface area (Å²) >= 11 is 0. The number of nitrogens with one attached hydrogen (secondary N) is 2. The van der Waals surface area contributed by atoms with Crippen LogP contribution in [0.4, 0.5) is 0 Å². The smallest absolute Gasteiger partial charge is 0.220 e. The van der Waals surface area contributed by atoms with Crippen LogP contribution in [0, 0.1) is 0 Å². The number of hydrogen-bond donors (Lipinski definition) is 2. The number of benzene rings is 1. The lowest BCUT2D eigenvalue weighted by atomic mass is 10.2. The molecule has 18 heavy (non-hydrogen) atoms. The van der Waals surface area contributed by atoms with Crippen molar-refractivity contribution in [2.75, 3.05) is 20.7 Å². The van der Waals surface area contributed by atoms with E-state index in [9.17, 15) is 4.79 Å². The zero-order valence-corrected chi connectivity index (χ0v) is 11.7. The largest absolute Gasteiger partial charge is 0.497 e. The van der Waals surface area contributed by atoms with Crippen molar-refractivity contribution >= 4 is 18.3 Å². The molecule has 102 valence electrons. The lowest BCUT2D eigenvalue weighted by Crippen LogP contribution is -2.23. The summed E-state index contributed by atoms with van der Waals surface area (Å²) in [6.07, 6.45) is 1.43. The molecule has 4 nitrogen and oxygen atoms in total. The molecule has 1 aromatic rings. The molecule has 5 heteroatoms. The summed E-state index contributed by atoms with van der Waals surface area (Å²) in [7, 11) is 3.52. The number of halogens is 1. The highest BCUT2D eigenvalue weighted by atomic mass is 35.5. The third kappa shape index (κ3) is 6.47. The van der Waals surface area contributed by atoms with Crippen LogP contribution in [0.25, 0.3) is 0 Å². The summed E-state index contributed by atoms with van der Waals surface area (Å²) in [5.41, 5.74) is 1.08. The first kappa shape index (κ1) is 16.7. The molecule has 2 N–H and O–H groups in total. The highest BCUT2D eigenvalue weighted by Gasteiger charge is 2.00. The van der Waals surface area contributed by atoms with Gasteiger partial charge in [0.1, 0.15) is 5.75 Å². The fourth-order valence-corrected chi connectivity index (χ4v) is 1.46. The number of ether oxygens (including phenoxy) is 1. The van der Waals surface area contributed by atoms with Gasteiger partial charge in [-0.25, -0.2) is 0 Å². The highest BCUT2D eigenvalue weighted by molar-refractivity contribution is 5.85. The molecule has 1 amide bonds. The fourth-order valence-electron chi connectivity index (χ4n) is 1.46. The second kappa shape index (κ2) is 9.74. The van der Waals surface area contributed by atoms with Crippen LogP contribution in [0.3, 0.4) is 0 Å². The molecule has 0 atom stereocenters. The molecule has 0 aromatic heterocycles. The molecular weight excluding hydrogens is 252 g/mol. The van der Waals surface area contributed by atoms with E-state index in [2.05, 4.69) is 10.6 Å². The minimum Gasteiger partial charge on any atom is -0.497 e. The molecule has 1 aromatic carbocycles. The Bertz CT molecular complexity index is 341. The summed E-state index contributed by atoms with van der Waals surface area (Å²) in [4.78, 5) is 11.5. The van der Waals surface area contributed by atoms with Crippen molar-refractivity contribution in [3.8, 4) is 5.75 Å². The number of rotatable bonds is 7. The van der Waals surface area contributed by atoms with Gasteiger partial charge in [-0.2, -0.15) is 0 Å². The van der Waals surface area contributed by atoms with Gasteiger partial charge >= 0.3 is 0 Å². The molecule has 0 spiro atoms. The van der Waals surface area contributed by atoms with Crippen LogP contribution in [0.2, 0.25) is 0 Å². The molecule has 0 bridgehead atoms. The average molecular weight is 273 g/mol. The molecule has 0 saturated heterocycles. The summed E-state index contributed by atoms with van der Waals surface area (Å²) in [6.45, 7) is 1.44. The quantitative estimate of drug-likeness (QED) is 0.744. The molecule has 0 fully saturated rings. The Hall–Kier alpha value is -1.26. The van der Waals surface area contributed by atoms with E-state index in [4.69, 9.17) is 4.74 Å². The lowest BCUT2D eigenvalue weighted by Gasteiger charge is -2.06. The van der Waals surface area contributed by atoms with Crippen molar-refractivity contribution < 1.29 is 9.53 Å².